The van der Waals surface area contributed by atoms with Gasteiger partial charge in [-0.15, -0.1) is 11.3 Å². The Balaban J connectivity index is 1.45. The molecule has 1 nitrogen and oxygen atoms in total. The largest absolute Gasteiger partial charge is 0.309 e. The summed E-state index contributed by atoms with van der Waals surface area (Å²) in [5.41, 5.74) is 11.1. The molecule has 0 bridgehead atoms. The van der Waals surface area contributed by atoms with E-state index in [-0.39, 0.29) is 0 Å². The predicted octanol–water partition coefficient (Wildman–Crippen LogP) is 11.7. The third kappa shape index (κ3) is 3.81. The van der Waals surface area contributed by atoms with E-state index < -0.39 is 12.6 Å². The van der Waals surface area contributed by atoms with Gasteiger partial charge in [-0.25, -0.2) is 0 Å². The SMILES string of the molecule is O=P1(c2ccccc2)c2cccc3c2-c2c1cc(-c1ccccc1)c1sc4c(-c5ccccc5)ccc(c4c21)C3(c1ccccc1)c1ccccc1. The standard InChI is InChI=1S/C49H31OPS/c50-51(36-25-14-5-15-26-36)41-28-16-27-39-43(41)45-42(51)31-38(33-19-8-2-9-20-33)48-46(45)44-40(30-29-37(47(44)52-48)32-17-6-1-7-18-32)49(39,34-21-10-3-11-22-34)35-23-12-4-13-24-35/h1-31H. The van der Waals surface area contributed by atoms with Gasteiger partial charge in [0.15, 0.2) is 7.14 Å². The van der Waals surface area contributed by atoms with Gasteiger partial charge >= 0.3 is 0 Å². The summed E-state index contributed by atoms with van der Waals surface area (Å²) < 4.78 is 19.0. The van der Waals surface area contributed by atoms with E-state index >= 15 is 4.57 Å². The van der Waals surface area contributed by atoms with E-state index in [4.69, 9.17) is 0 Å². The van der Waals surface area contributed by atoms with Crippen molar-refractivity contribution in [2.45, 2.75) is 5.41 Å². The minimum absolute atomic E-state index is 0.690. The van der Waals surface area contributed by atoms with Gasteiger partial charge in [-0.05, 0) is 50.6 Å². The highest BCUT2D eigenvalue weighted by atomic mass is 32.1. The number of benzene rings is 8. The highest BCUT2D eigenvalue weighted by Crippen LogP contribution is 2.64. The number of hydrogen-bond donors (Lipinski definition) is 0. The van der Waals surface area contributed by atoms with Crippen molar-refractivity contribution in [3.8, 4) is 33.4 Å². The fourth-order valence-corrected chi connectivity index (χ4v) is 13.8. The third-order valence-electron chi connectivity index (χ3n) is 11.4. The van der Waals surface area contributed by atoms with Gasteiger partial charge < -0.3 is 4.57 Å². The summed E-state index contributed by atoms with van der Waals surface area (Å²) in [4.78, 5) is 0. The Labute approximate surface area is 306 Å². The van der Waals surface area contributed by atoms with Gasteiger partial charge in [0.2, 0.25) is 0 Å². The lowest BCUT2D eigenvalue weighted by atomic mass is 9.63. The highest BCUT2D eigenvalue weighted by molar-refractivity contribution is 7.86. The summed E-state index contributed by atoms with van der Waals surface area (Å²) in [6.45, 7) is 0. The molecule has 0 N–H and O–H groups in total. The molecule has 8 aromatic carbocycles. The van der Waals surface area contributed by atoms with Crippen LogP contribution in [0.25, 0.3) is 53.6 Å². The molecule has 2 aliphatic rings. The predicted molar refractivity (Wildman–Crippen MR) is 220 cm³/mol. The normalized spacial score (nSPS) is 16.4. The monoisotopic (exact) mass is 698 g/mol. The van der Waals surface area contributed by atoms with Crippen LogP contribution >= 0.6 is 18.5 Å². The molecule has 0 radical (unpaired) electrons. The molecule has 1 aliphatic carbocycles. The minimum Gasteiger partial charge on any atom is -0.309 e. The van der Waals surface area contributed by atoms with Gasteiger partial charge in [0.25, 0.3) is 0 Å². The van der Waals surface area contributed by atoms with Crippen molar-refractivity contribution in [2.75, 3.05) is 0 Å². The molecule has 2 heterocycles. The van der Waals surface area contributed by atoms with Crippen molar-refractivity contribution in [1.82, 2.24) is 0 Å². The summed E-state index contributed by atoms with van der Waals surface area (Å²) in [5, 5.41) is 5.23. The van der Waals surface area contributed by atoms with Crippen LogP contribution < -0.4 is 15.9 Å². The molecule has 0 fully saturated rings. The lowest BCUT2D eigenvalue weighted by Gasteiger charge is -2.38. The van der Waals surface area contributed by atoms with E-state index in [2.05, 4.69) is 170 Å². The molecular weight excluding hydrogens is 668 g/mol. The van der Waals surface area contributed by atoms with Gasteiger partial charge in [-0.3, -0.25) is 0 Å². The fraction of sp³-hybridized carbons (Fsp3) is 0.0204. The van der Waals surface area contributed by atoms with Crippen LogP contribution in [0.5, 0.6) is 0 Å². The van der Waals surface area contributed by atoms with Gasteiger partial charge in [0, 0.05) is 47.2 Å². The molecule has 11 rings (SSSR count). The minimum atomic E-state index is -3.31. The van der Waals surface area contributed by atoms with E-state index in [1.807, 2.05) is 29.5 Å². The molecular formula is C49H31OPS. The summed E-state index contributed by atoms with van der Waals surface area (Å²) in [5.74, 6) is 0. The smallest absolute Gasteiger partial charge is 0.172 e. The molecule has 52 heavy (non-hydrogen) atoms. The van der Waals surface area contributed by atoms with Gasteiger partial charge in [-0.2, -0.15) is 0 Å². The van der Waals surface area contributed by atoms with Crippen LogP contribution in [0.1, 0.15) is 22.3 Å². The molecule has 1 aliphatic heterocycles. The van der Waals surface area contributed by atoms with Crippen molar-refractivity contribution in [3.63, 3.8) is 0 Å². The van der Waals surface area contributed by atoms with Crippen molar-refractivity contribution in [3.05, 3.63) is 210 Å². The zero-order chi connectivity index (χ0) is 34.4. The molecule has 9 aromatic rings. The summed E-state index contributed by atoms with van der Waals surface area (Å²) in [6, 6.07) is 67.3. The first-order valence-electron chi connectivity index (χ1n) is 17.8. The molecule has 0 amide bonds. The average molecular weight is 699 g/mol. The Hall–Kier alpha value is -5.79. The maximum Gasteiger partial charge on any atom is 0.172 e. The Morgan fingerprint density at radius 2 is 0.962 bits per heavy atom. The Morgan fingerprint density at radius 3 is 1.58 bits per heavy atom. The summed E-state index contributed by atoms with van der Waals surface area (Å²) in [7, 11) is -3.31. The zero-order valence-corrected chi connectivity index (χ0v) is 29.9. The van der Waals surface area contributed by atoms with Crippen LogP contribution in [0.3, 0.4) is 0 Å². The van der Waals surface area contributed by atoms with Crippen LogP contribution in [-0.2, 0) is 9.98 Å². The van der Waals surface area contributed by atoms with Crippen LogP contribution in [0.15, 0.2) is 188 Å². The first kappa shape index (κ1) is 29.9. The molecule has 0 saturated carbocycles. The lowest BCUT2D eigenvalue weighted by molar-refractivity contribution is 0.593. The maximum absolute atomic E-state index is 16.5. The van der Waals surface area contributed by atoms with Crippen molar-refractivity contribution < 1.29 is 4.57 Å². The van der Waals surface area contributed by atoms with Crippen molar-refractivity contribution >= 4 is 54.6 Å². The van der Waals surface area contributed by atoms with E-state index in [1.54, 1.807) is 0 Å². The first-order valence-corrected chi connectivity index (χ1v) is 20.3. The molecule has 1 aromatic heterocycles. The second kappa shape index (κ2) is 11.1. The fourth-order valence-electron chi connectivity index (χ4n) is 9.26. The number of hydrogen-bond acceptors (Lipinski definition) is 2. The second-order valence-corrected chi connectivity index (χ2v) is 17.6. The van der Waals surface area contributed by atoms with E-state index in [1.165, 1.54) is 53.6 Å². The van der Waals surface area contributed by atoms with Crippen molar-refractivity contribution in [2.24, 2.45) is 0 Å². The summed E-state index contributed by atoms with van der Waals surface area (Å²) in [6.07, 6.45) is 0. The Kier molecular flexibility index (Phi) is 6.38. The van der Waals surface area contributed by atoms with Crippen LogP contribution in [-0.4, -0.2) is 0 Å². The van der Waals surface area contributed by atoms with Gasteiger partial charge in [-0.1, -0.05) is 182 Å². The maximum atomic E-state index is 16.5. The average Bonchev–Trinajstić information content (AvgIpc) is 3.70. The molecule has 0 saturated heterocycles. The van der Waals surface area contributed by atoms with E-state index in [9.17, 15) is 0 Å². The van der Waals surface area contributed by atoms with Crippen LogP contribution in [0, 0.1) is 0 Å². The first-order chi connectivity index (χ1) is 25.7. The summed E-state index contributed by atoms with van der Waals surface area (Å²) >= 11 is 1.89. The van der Waals surface area contributed by atoms with Crippen LogP contribution in [0.2, 0.25) is 0 Å². The topological polar surface area (TPSA) is 17.1 Å². The number of thiophene rings is 1. The molecule has 1 unspecified atom stereocenters. The zero-order valence-electron chi connectivity index (χ0n) is 28.2. The quantitative estimate of drug-likeness (QED) is 0.164. The molecule has 0 spiro atoms. The van der Waals surface area contributed by atoms with Crippen LogP contribution in [0.4, 0.5) is 0 Å². The van der Waals surface area contributed by atoms with Crippen molar-refractivity contribution in [1.29, 1.82) is 0 Å². The Morgan fingerprint density at radius 1 is 0.423 bits per heavy atom. The van der Waals surface area contributed by atoms with Gasteiger partial charge in [0.1, 0.15) is 0 Å². The second-order valence-electron chi connectivity index (χ2n) is 13.8. The molecule has 3 heteroatoms. The highest BCUT2D eigenvalue weighted by Gasteiger charge is 2.51. The van der Waals surface area contributed by atoms with E-state index in [0.29, 0.717) is 0 Å². The molecule has 244 valence electrons. The Bertz CT molecular complexity index is 2860. The number of rotatable bonds is 5. The lowest BCUT2D eigenvalue weighted by Crippen LogP contribution is -2.32. The molecule has 1 atom stereocenters. The van der Waals surface area contributed by atoms with Gasteiger partial charge in [0.05, 0.1) is 5.41 Å². The van der Waals surface area contributed by atoms with E-state index in [0.717, 1.165) is 38.2 Å². The third-order valence-corrected chi connectivity index (χ3v) is 15.7.